The van der Waals surface area contributed by atoms with Gasteiger partial charge in [-0.2, -0.15) is 0 Å². The third-order valence-corrected chi connectivity index (χ3v) is 4.92. The zero-order chi connectivity index (χ0) is 18.5. The Morgan fingerprint density at radius 1 is 1.12 bits per heavy atom. The minimum absolute atomic E-state index is 0.0524. The van der Waals surface area contributed by atoms with Crippen molar-refractivity contribution in [1.29, 1.82) is 0 Å². The lowest BCUT2D eigenvalue weighted by molar-refractivity contribution is 0.0303. The Labute approximate surface area is 165 Å². The number of hydrogen-bond acceptors (Lipinski definition) is 4. The number of carbonyl (C=O) groups excluding carboxylic acids is 2. The minimum atomic E-state index is -0.235. The number of ether oxygens (including phenoxy) is 2. The van der Waals surface area contributed by atoms with Gasteiger partial charge in [0.2, 0.25) is 0 Å². The Hall–Kier alpha value is -2.13. The summed E-state index contributed by atoms with van der Waals surface area (Å²) in [5, 5.41) is 2.84. The molecule has 0 aliphatic carbocycles. The standard InChI is InChI=1S/C19H19IN2O4/c1-25-17-6-5-13(12-16(17)20)18(23)21-15-4-2-3-14(11-15)19(24)22-7-9-26-10-8-22/h2-6,11-12H,7-10H2,1H3,(H,21,23). The highest BCUT2D eigenvalue weighted by Crippen LogP contribution is 2.22. The lowest BCUT2D eigenvalue weighted by Crippen LogP contribution is -2.40. The van der Waals surface area contributed by atoms with Crippen LogP contribution in [0.1, 0.15) is 20.7 Å². The maximum Gasteiger partial charge on any atom is 0.255 e. The quantitative estimate of drug-likeness (QED) is 0.704. The summed E-state index contributed by atoms with van der Waals surface area (Å²) < 4.78 is 11.3. The van der Waals surface area contributed by atoms with Crippen LogP contribution < -0.4 is 10.1 Å². The molecule has 1 aliphatic heterocycles. The summed E-state index contributed by atoms with van der Waals surface area (Å²) in [5.41, 5.74) is 1.66. The van der Waals surface area contributed by atoms with Crippen LogP contribution in [0.4, 0.5) is 5.69 Å². The first-order valence-corrected chi connectivity index (χ1v) is 9.28. The third kappa shape index (κ3) is 4.34. The van der Waals surface area contributed by atoms with E-state index in [1.54, 1.807) is 54.5 Å². The molecule has 136 valence electrons. The van der Waals surface area contributed by atoms with Gasteiger partial charge < -0.3 is 19.7 Å². The summed E-state index contributed by atoms with van der Waals surface area (Å²) in [4.78, 5) is 26.8. The van der Waals surface area contributed by atoms with Crippen LogP contribution >= 0.6 is 22.6 Å². The number of nitrogens with zero attached hydrogens (tertiary/aromatic N) is 1. The van der Waals surface area contributed by atoms with Crippen molar-refractivity contribution in [3.63, 3.8) is 0 Å². The van der Waals surface area contributed by atoms with Crippen molar-refractivity contribution in [3.8, 4) is 5.75 Å². The lowest BCUT2D eigenvalue weighted by Gasteiger charge is -2.27. The van der Waals surface area contributed by atoms with Crippen molar-refractivity contribution in [2.24, 2.45) is 0 Å². The first-order valence-electron chi connectivity index (χ1n) is 8.20. The van der Waals surface area contributed by atoms with Gasteiger partial charge in [-0.25, -0.2) is 0 Å². The van der Waals surface area contributed by atoms with Gasteiger partial charge in [-0.05, 0) is 59.0 Å². The molecular formula is C19H19IN2O4. The fourth-order valence-corrected chi connectivity index (χ4v) is 3.43. The number of halogens is 1. The second-order valence-corrected chi connectivity index (χ2v) is 6.95. The smallest absolute Gasteiger partial charge is 0.255 e. The molecule has 0 aromatic heterocycles. The molecule has 1 aliphatic rings. The Balaban J connectivity index is 1.72. The maximum absolute atomic E-state index is 12.6. The highest BCUT2D eigenvalue weighted by molar-refractivity contribution is 14.1. The fourth-order valence-electron chi connectivity index (χ4n) is 2.69. The molecule has 1 saturated heterocycles. The van der Waals surface area contributed by atoms with Gasteiger partial charge >= 0.3 is 0 Å². The molecular weight excluding hydrogens is 447 g/mol. The number of morpholine rings is 1. The Morgan fingerprint density at radius 2 is 1.88 bits per heavy atom. The van der Waals surface area contributed by atoms with E-state index in [9.17, 15) is 9.59 Å². The monoisotopic (exact) mass is 466 g/mol. The lowest BCUT2D eigenvalue weighted by atomic mass is 10.1. The predicted molar refractivity (Wildman–Crippen MR) is 107 cm³/mol. The molecule has 1 N–H and O–H groups in total. The molecule has 0 bridgehead atoms. The van der Waals surface area contributed by atoms with E-state index in [1.165, 1.54) is 0 Å². The number of amides is 2. The summed E-state index contributed by atoms with van der Waals surface area (Å²) in [7, 11) is 1.59. The van der Waals surface area contributed by atoms with Gasteiger partial charge in [-0.1, -0.05) is 6.07 Å². The SMILES string of the molecule is COc1ccc(C(=O)Nc2cccc(C(=O)N3CCOCC3)c2)cc1I. The van der Waals surface area contributed by atoms with E-state index < -0.39 is 0 Å². The van der Waals surface area contributed by atoms with Gasteiger partial charge in [-0.15, -0.1) is 0 Å². The highest BCUT2D eigenvalue weighted by atomic mass is 127. The molecule has 2 aromatic rings. The van der Waals surface area contributed by atoms with Gasteiger partial charge in [0, 0.05) is 29.9 Å². The molecule has 0 atom stereocenters. The minimum Gasteiger partial charge on any atom is -0.496 e. The number of carbonyl (C=O) groups is 2. The molecule has 0 unspecified atom stereocenters. The van der Waals surface area contributed by atoms with E-state index in [2.05, 4.69) is 27.9 Å². The van der Waals surface area contributed by atoms with Gasteiger partial charge in [0.25, 0.3) is 11.8 Å². The Morgan fingerprint density at radius 3 is 2.58 bits per heavy atom. The van der Waals surface area contributed by atoms with Crippen molar-refractivity contribution >= 4 is 40.1 Å². The molecule has 6 nitrogen and oxygen atoms in total. The van der Waals surface area contributed by atoms with E-state index in [0.717, 1.165) is 9.32 Å². The maximum atomic E-state index is 12.6. The molecule has 0 spiro atoms. The zero-order valence-electron chi connectivity index (χ0n) is 14.3. The average molecular weight is 466 g/mol. The molecule has 0 saturated carbocycles. The zero-order valence-corrected chi connectivity index (χ0v) is 16.5. The van der Waals surface area contributed by atoms with Gasteiger partial charge in [0.15, 0.2) is 0 Å². The molecule has 2 aromatic carbocycles. The van der Waals surface area contributed by atoms with Crippen molar-refractivity contribution in [2.75, 3.05) is 38.7 Å². The number of hydrogen-bond donors (Lipinski definition) is 1. The van der Waals surface area contributed by atoms with E-state index in [0.29, 0.717) is 43.1 Å². The number of benzene rings is 2. The molecule has 1 fully saturated rings. The van der Waals surface area contributed by atoms with Crippen LogP contribution in [0.3, 0.4) is 0 Å². The van der Waals surface area contributed by atoms with Crippen molar-refractivity contribution < 1.29 is 19.1 Å². The number of anilines is 1. The number of methoxy groups -OCH3 is 1. The fraction of sp³-hybridized carbons (Fsp3) is 0.263. The summed E-state index contributed by atoms with van der Waals surface area (Å²) in [5.74, 6) is 0.435. The van der Waals surface area contributed by atoms with Crippen LogP contribution in [0.2, 0.25) is 0 Å². The molecule has 1 heterocycles. The Kier molecular flexibility index (Phi) is 6.10. The van der Waals surface area contributed by atoms with E-state index in [4.69, 9.17) is 9.47 Å². The van der Waals surface area contributed by atoms with Gasteiger partial charge in [0.05, 0.1) is 23.9 Å². The van der Waals surface area contributed by atoms with Gasteiger partial charge in [0.1, 0.15) is 5.75 Å². The first kappa shape index (κ1) is 18.7. The number of rotatable bonds is 4. The summed E-state index contributed by atoms with van der Waals surface area (Å²) in [6.45, 7) is 2.27. The van der Waals surface area contributed by atoms with E-state index >= 15 is 0 Å². The van der Waals surface area contributed by atoms with Gasteiger partial charge in [-0.3, -0.25) is 9.59 Å². The van der Waals surface area contributed by atoms with Crippen molar-refractivity contribution in [3.05, 3.63) is 57.2 Å². The summed E-state index contributed by atoms with van der Waals surface area (Å²) in [6.07, 6.45) is 0. The molecule has 0 radical (unpaired) electrons. The number of nitrogens with one attached hydrogen (secondary N) is 1. The summed E-state index contributed by atoms with van der Waals surface area (Å²) in [6, 6.07) is 12.2. The normalized spacial score (nSPS) is 14.0. The van der Waals surface area contributed by atoms with Crippen LogP contribution in [-0.2, 0) is 4.74 Å². The topological polar surface area (TPSA) is 67.9 Å². The van der Waals surface area contributed by atoms with E-state index in [-0.39, 0.29) is 11.8 Å². The molecule has 26 heavy (non-hydrogen) atoms. The first-order chi connectivity index (χ1) is 12.6. The third-order valence-electron chi connectivity index (χ3n) is 4.08. The van der Waals surface area contributed by atoms with E-state index in [1.807, 2.05) is 0 Å². The van der Waals surface area contributed by atoms with Crippen LogP contribution in [0.25, 0.3) is 0 Å². The Bertz CT molecular complexity index is 819. The summed E-state index contributed by atoms with van der Waals surface area (Å²) >= 11 is 2.12. The van der Waals surface area contributed by atoms with Crippen LogP contribution in [0.5, 0.6) is 5.75 Å². The second kappa shape index (κ2) is 8.50. The van der Waals surface area contributed by atoms with Crippen LogP contribution in [-0.4, -0.2) is 50.1 Å². The van der Waals surface area contributed by atoms with Crippen molar-refractivity contribution in [2.45, 2.75) is 0 Å². The van der Waals surface area contributed by atoms with Crippen LogP contribution in [0, 0.1) is 3.57 Å². The van der Waals surface area contributed by atoms with Crippen LogP contribution in [0.15, 0.2) is 42.5 Å². The van der Waals surface area contributed by atoms with Crippen molar-refractivity contribution in [1.82, 2.24) is 4.90 Å². The average Bonchev–Trinajstić information content (AvgIpc) is 2.68. The largest absolute Gasteiger partial charge is 0.496 e. The molecule has 3 rings (SSSR count). The molecule has 7 heteroatoms. The highest BCUT2D eigenvalue weighted by Gasteiger charge is 2.19. The second-order valence-electron chi connectivity index (χ2n) is 5.79. The molecule has 2 amide bonds. The predicted octanol–water partition coefficient (Wildman–Crippen LogP) is 3.02.